The Balaban J connectivity index is 2.29. The van der Waals surface area contributed by atoms with Crippen molar-refractivity contribution in [3.05, 3.63) is 52.6 Å². The Hall–Kier alpha value is -1.68. The molecule has 1 heterocycles. The number of benzene rings is 1. The summed E-state index contributed by atoms with van der Waals surface area (Å²) >= 11 is 0. The van der Waals surface area contributed by atoms with Gasteiger partial charge in [-0.15, -0.1) is 0 Å². The van der Waals surface area contributed by atoms with Crippen molar-refractivity contribution >= 4 is 0 Å². The largest absolute Gasteiger partial charge is 0.310 e. The van der Waals surface area contributed by atoms with Crippen molar-refractivity contribution in [2.45, 2.75) is 33.2 Å². The first kappa shape index (κ1) is 14.7. The molecule has 0 aliphatic carbocycles. The normalized spacial score (nSPS) is 12.7. The van der Waals surface area contributed by atoms with Crippen LogP contribution in [-0.2, 0) is 13.5 Å². The van der Waals surface area contributed by atoms with Crippen molar-refractivity contribution in [1.29, 1.82) is 0 Å². The second-order valence-electron chi connectivity index (χ2n) is 5.22. The van der Waals surface area contributed by atoms with Gasteiger partial charge in [-0.25, -0.2) is 4.39 Å². The van der Waals surface area contributed by atoms with Crippen LogP contribution in [0.25, 0.3) is 0 Å². The Morgan fingerprint density at radius 3 is 2.60 bits per heavy atom. The summed E-state index contributed by atoms with van der Waals surface area (Å²) in [6, 6.07) is 7.27. The summed E-state index contributed by atoms with van der Waals surface area (Å²) in [5.74, 6) is -0.183. The zero-order valence-electron chi connectivity index (χ0n) is 12.6. The molecule has 108 valence electrons. The molecule has 2 aromatic rings. The summed E-state index contributed by atoms with van der Waals surface area (Å²) in [7, 11) is 1.96. The minimum atomic E-state index is -0.183. The molecule has 1 unspecified atom stereocenters. The van der Waals surface area contributed by atoms with Gasteiger partial charge in [-0.3, -0.25) is 4.68 Å². The van der Waals surface area contributed by atoms with Gasteiger partial charge in [-0.2, -0.15) is 5.10 Å². The van der Waals surface area contributed by atoms with Gasteiger partial charge in [0, 0.05) is 25.2 Å². The van der Waals surface area contributed by atoms with Gasteiger partial charge in [-0.05, 0) is 49.7 Å². The molecule has 0 spiro atoms. The van der Waals surface area contributed by atoms with E-state index < -0.39 is 0 Å². The first-order chi connectivity index (χ1) is 9.51. The maximum absolute atomic E-state index is 13.3. The third-order valence-corrected chi connectivity index (χ3v) is 3.57. The van der Waals surface area contributed by atoms with Crippen LogP contribution in [0, 0.1) is 19.7 Å². The third-order valence-electron chi connectivity index (χ3n) is 3.57. The molecule has 0 radical (unpaired) electrons. The standard InChI is InChI=1S/C16H22FN3/c1-5-18-16(10-14-9-12(3)19-20(14)4)15-7-6-13(17)8-11(15)2/h6-9,16,18H,5,10H2,1-4H3. The molecule has 1 aromatic heterocycles. The maximum atomic E-state index is 13.3. The van der Waals surface area contributed by atoms with E-state index in [0.29, 0.717) is 0 Å². The summed E-state index contributed by atoms with van der Waals surface area (Å²) < 4.78 is 15.2. The fourth-order valence-electron chi connectivity index (χ4n) is 2.63. The van der Waals surface area contributed by atoms with Crippen molar-refractivity contribution in [2.75, 3.05) is 6.54 Å². The van der Waals surface area contributed by atoms with Gasteiger partial charge in [0.1, 0.15) is 5.82 Å². The number of likely N-dealkylation sites (N-methyl/N-ethyl adjacent to an activating group) is 1. The minimum absolute atomic E-state index is 0.176. The number of rotatable bonds is 5. The highest BCUT2D eigenvalue weighted by Crippen LogP contribution is 2.22. The number of aromatic nitrogens is 2. The van der Waals surface area contributed by atoms with Crippen LogP contribution in [0.3, 0.4) is 0 Å². The minimum Gasteiger partial charge on any atom is -0.310 e. The van der Waals surface area contributed by atoms with E-state index in [9.17, 15) is 4.39 Å². The van der Waals surface area contributed by atoms with E-state index in [1.807, 2.05) is 31.6 Å². The van der Waals surface area contributed by atoms with Gasteiger partial charge in [-0.1, -0.05) is 13.0 Å². The summed E-state index contributed by atoms with van der Waals surface area (Å²) in [6.07, 6.45) is 0.845. The molecule has 0 saturated heterocycles. The number of aryl methyl sites for hydroxylation is 3. The maximum Gasteiger partial charge on any atom is 0.123 e. The zero-order chi connectivity index (χ0) is 14.7. The van der Waals surface area contributed by atoms with E-state index in [1.165, 1.54) is 11.8 Å². The Kier molecular flexibility index (Phi) is 4.55. The lowest BCUT2D eigenvalue weighted by molar-refractivity contribution is 0.524. The molecule has 0 fully saturated rings. The van der Waals surface area contributed by atoms with Crippen LogP contribution in [0.1, 0.15) is 35.5 Å². The highest BCUT2D eigenvalue weighted by molar-refractivity contribution is 5.30. The molecule has 0 aliphatic rings. The average Bonchev–Trinajstić information content (AvgIpc) is 2.67. The third kappa shape index (κ3) is 3.25. The molecule has 1 atom stereocenters. The fraction of sp³-hybridized carbons (Fsp3) is 0.438. The summed E-state index contributed by atoms with van der Waals surface area (Å²) in [4.78, 5) is 0. The lowest BCUT2D eigenvalue weighted by Gasteiger charge is -2.20. The number of halogens is 1. The molecule has 0 saturated carbocycles. The topological polar surface area (TPSA) is 29.9 Å². The zero-order valence-corrected chi connectivity index (χ0v) is 12.6. The van der Waals surface area contributed by atoms with E-state index in [4.69, 9.17) is 0 Å². The SMILES string of the molecule is CCNC(Cc1cc(C)nn1C)c1ccc(F)cc1C. The molecule has 0 bridgehead atoms. The van der Waals surface area contributed by atoms with E-state index in [2.05, 4.69) is 23.4 Å². The average molecular weight is 275 g/mol. The molecule has 1 N–H and O–H groups in total. The van der Waals surface area contributed by atoms with Crippen molar-refractivity contribution in [2.24, 2.45) is 7.05 Å². The molecule has 1 aromatic carbocycles. The lowest BCUT2D eigenvalue weighted by Crippen LogP contribution is -2.24. The Labute approximate surface area is 119 Å². The van der Waals surface area contributed by atoms with Gasteiger partial charge in [0.15, 0.2) is 0 Å². The van der Waals surface area contributed by atoms with E-state index >= 15 is 0 Å². The van der Waals surface area contributed by atoms with Gasteiger partial charge in [0.25, 0.3) is 0 Å². The van der Waals surface area contributed by atoms with Crippen LogP contribution >= 0.6 is 0 Å². The summed E-state index contributed by atoms with van der Waals surface area (Å²) in [6.45, 7) is 6.91. The monoisotopic (exact) mass is 275 g/mol. The summed E-state index contributed by atoms with van der Waals surface area (Å²) in [5.41, 5.74) is 4.33. The Bertz CT molecular complexity index is 589. The van der Waals surface area contributed by atoms with E-state index in [1.54, 1.807) is 6.07 Å². The molecular weight excluding hydrogens is 253 g/mol. The van der Waals surface area contributed by atoms with Gasteiger partial charge in [0.05, 0.1) is 5.69 Å². The van der Waals surface area contributed by atoms with Gasteiger partial charge in [0.2, 0.25) is 0 Å². The number of nitrogens with one attached hydrogen (secondary N) is 1. The molecule has 0 amide bonds. The number of nitrogens with zero attached hydrogens (tertiary/aromatic N) is 2. The van der Waals surface area contributed by atoms with Gasteiger partial charge >= 0.3 is 0 Å². The van der Waals surface area contributed by atoms with Crippen molar-refractivity contribution in [3.8, 4) is 0 Å². The molecule has 3 nitrogen and oxygen atoms in total. The van der Waals surface area contributed by atoms with Crippen LogP contribution in [0.2, 0.25) is 0 Å². The summed E-state index contributed by atoms with van der Waals surface area (Å²) in [5, 5.41) is 7.86. The van der Waals surface area contributed by atoms with Gasteiger partial charge < -0.3 is 5.32 Å². The van der Waals surface area contributed by atoms with Crippen LogP contribution < -0.4 is 5.32 Å². The second kappa shape index (κ2) is 6.18. The molecule has 0 aliphatic heterocycles. The molecule has 4 heteroatoms. The Morgan fingerprint density at radius 1 is 1.30 bits per heavy atom. The second-order valence-corrected chi connectivity index (χ2v) is 5.22. The van der Waals surface area contributed by atoms with Crippen molar-refractivity contribution in [3.63, 3.8) is 0 Å². The highest BCUT2D eigenvalue weighted by atomic mass is 19.1. The first-order valence-corrected chi connectivity index (χ1v) is 7.00. The smallest absolute Gasteiger partial charge is 0.123 e. The Morgan fingerprint density at radius 2 is 2.05 bits per heavy atom. The van der Waals surface area contributed by atoms with Crippen LogP contribution in [0.5, 0.6) is 0 Å². The van der Waals surface area contributed by atoms with E-state index in [-0.39, 0.29) is 11.9 Å². The fourth-order valence-corrected chi connectivity index (χ4v) is 2.63. The molecule has 2 rings (SSSR count). The van der Waals surface area contributed by atoms with Crippen LogP contribution in [0.15, 0.2) is 24.3 Å². The van der Waals surface area contributed by atoms with Crippen LogP contribution in [0.4, 0.5) is 4.39 Å². The van der Waals surface area contributed by atoms with Crippen molar-refractivity contribution in [1.82, 2.24) is 15.1 Å². The number of hydrogen-bond donors (Lipinski definition) is 1. The predicted molar refractivity (Wildman–Crippen MR) is 79.2 cm³/mol. The van der Waals surface area contributed by atoms with Crippen LogP contribution in [-0.4, -0.2) is 16.3 Å². The van der Waals surface area contributed by atoms with E-state index in [0.717, 1.165) is 29.8 Å². The predicted octanol–water partition coefficient (Wildman–Crippen LogP) is 3.07. The van der Waals surface area contributed by atoms with Crippen molar-refractivity contribution < 1.29 is 4.39 Å². The quantitative estimate of drug-likeness (QED) is 0.909. The highest BCUT2D eigenvalue weighted by Gasteiger charge is 2.16. The molecule has 20 heavy (non-hydrogen) atoms. The number of hydrogen-bond acceptors (Lipinski definition) is 2. The first-order valence-electron chi connectivity index (χ1n) is 7.00. The molecular formula is C16H22FN3. The lowest BCUT2D eigenvalue weighted by atomic mass is 9.97.